The number of amides is 1. The predicted octanol–water partition coefficient (Wildman–Crippen LogP) is 2.93. The molecule has 0 aromatic heterocycles. The number of nitrogens with one attached hydrogen (secondary N) is 1. The van der Waals surface area contributed by atoms with Crippen LogP contribution in [0.1, 0.15) is 17.3 Å². The number of benzene rings is 1. The second kappa shape index (κ2) is 7.65. The molecule has 21 heavy (non-hydrogen) atoms. The van der Waals surface area contributed by atoms with Crippen molar-refractivity contribution in [3.05, 3.63) is 27.7 Å². The number of ether oxygens (including phenoxy) is 1. The van der Waals surface area contributed by atoms with Crippen LogP contribution in [0.3, 0.4) is 0 Å². The van der Waals surface area contributed by atoms with Crippen LogP contribution in [0.5, 0.6) is 0 Å². The fourth-order valence-corrected chi connectivity index (χ4v) is 3.53. The fourth-order valence-electron chi connectivity index (χ4n) is 1.63. The second-order valence-electron chi connectivity index (χ2n) is 4.44. The van der Waals surface area contributed by atoms with Gasteiger partial charge in [0.05, 0.1) is 22.2 Å². The molecule has 1 atom stereocenters. The maximum Gasteiger partial charge on any atom is 0.262 e. The Kier molecular flexibility index (Phi) is 6.74. The van der Waals surface area contributed by atoms with Gasteiger partial charge in [-0.1, -0.05) is 30.1 Å². The van der Waals surface area contributed by atoms with E-state index in [2.05, 4.69) is 5.32 Å². The fraction of sp³-hybridized carbons (Fsp3) is 0.417. The van der Waals surface area contributed by atoms with E-state index in [1.807, 2.05) is 6.92 Å². The van der Waals surface area contributed by atoms with Gasteiger partial charge in [-0.25, -0.2) is 8.42 Å². The van der Waals surface area contributed by atoms with Crippen molar-refractivity contribution in [3.8, 4) is 0 Å². The SMILES string of the molecule is COCC(C)CNC(=O)c1c(Cl)ccc(S(=O)(=O)Cl)c1Cl. The molecule has 0 saturated heterocycles. The Morgan fingerprint density at radius 3 is 2.52 bits per heavy atom. The summed E-state index contributed by atoms with van der Waals surface area (Å²) in [4.78, 5) is 11.8. The van der Waals surface area contributed by atoms with E-state index in [4.69, 9.17) is 38.6 Å². The number of carbonyl (C=O) groups is 1. The van der Waals surface area contributed by atoms with Crippen molar-refractivity contribution in [2.45, 2.75) is 11.8 Å². The van der Waals surface area contributed by atoms with Gasteiger partial charge in [0.1, 0.15) is 4.90 Å². The van der Waals surface area contributed by atoms with Gasteiger partial charge in [-0.05, 0) is 18.1 Å². The van der Waals surface area contributed by atoms with Crippen LogP contribution in [0.25, 0.3) is 0 Å². The minimum Gasteiger partial charge on any atom is -0.384 e. The lowest BCUT2D eigenvalue weighted by Crippen LogP contribution is -2.30. The van der Waals surface area contributed by atoms with Gasteiger partial charge in [0.25, 0.3) is 15.0 Å². The summed E-state index contributed by atoms with van der Waals surface area (Å²) in [6, 6.07) is 2.41. The molecule has 1 aromatic rings. The lowest BCUT2D eigenvalue weighted by molar-refractivity contribution is 0.0934. The summed E-state index contributed by atoms with van der Waals surface area (Å²) in [5, 5.41) is 2.36. The highest BCUT2D eigenvalue weighted by Crippen LogP contribution is 2.32. The van der Waals surface area contributed by atoms with Crippen LogP contribution in [0.2, 0.25) is 10.0 Å². The first-order valence-electron chi connectivity index (χ1n) is 5.88. The molecule has 0 fully saturated rings. The molecule has 0 aliphatic rings. The molecule has 1 amide bonds. The monoisotopic (exact) mass is 373 g/mol. The van der Waals surface area contributed by atoms with Gasteiger partial charge in [-0.15, -0.1) is 0 Å². The lowest BCUT2D eigenvalue weighted by atomic mass is 10.1. The minimum atomic E-state index is -4.06. The van der Waals surface area contributed by atoms with Crippen molar-refractivity contribution in [2.24, 2.45) is 5.92 Å². The van der Waals surface area contributed by atoms with Crippen molar-refractivity contribution >= 4 is 48.8 Å². The summed E-state index contributed by atoms with van der Waals surface area (Å²) < 4.78 is 27.7. The summed E-state index contributed by atoms with van der Waals surface area (Å²) in [6.45, 7) is 2.68. The standard InChI is InChI=1S/C12H14Cl3NO4S/c1-7(6-20-2)5-16-12(17)10-8(13)3-4-9(11(10)14)21(15,18)19/h3-4,7H,5-6H2,1-2H3,(H,16,17). The Morgan fingerprint density at radius 2 is 2.00 bits per heavy atom. The van der Waals surface area contributed by atoms with Crippen molar-refractivity contribution in [1.82, 2.24) is 5.32 Å². The third-order valence-corrected chi connectivity index (χ3v) is 4.79. The smallest absolute Gasteiger partial charge is 0.262 e. The van der Waals surface area contributed by atoms with Gasteiger partial charge in [-0.3, -0.25) is 4.79 Å². The number of hydrogen-bond acceptors (Lipinski definition) is 4. The molecule has 118 valence electrons. The predicted molar refractivity (Wildman–Crippen MR) is 82.9 cm³/mol. The van der Waals surface area contributed by atoms with Crippen LogP contribution in [0.4, 0.5) is 0 Å². The average Bonchev–Trinajstić information content (AvgIpc) is 2.35. The third kappa shape index (κ3) is 5.00. The number of methoxy groups -OCH3 is 1. The Labute approximate surface area is 137 Å². The Balaban J connectivity index is 3.05. The lowest BCUT2D eigenvalue weighted by Gasteiger charge is -2.13. The first kappa shape index (κ1) is 18.5. The molecular formula is C12H14Cl3NO4S. The topological polar surface area (TPSA) is 72.5 Å². The number of hydrogen-bond donors (Lipinski definition) is 1. The highest BCUT2D eigenvalue weighted by Gasteiger charge is 2.23. The van der Waals surface area contributed by atoms with Crippen molar-refractivity contribution in [3.63, 3.8) is 0 Å². The quantitative estimate of drug-likeness (QED) is 0.777. The van der Waals surface area contributed by atoms with Crippen LogP contribution in [-0.2, 0) is 13.8 Å². The van der Waals surface area contributed by atoms with Gasteiger partial charge in [0.2, 0.25) is 0 Å². The van der Waals surface area contributed by atoms with Gasteiger partial charge in [0.15, 0.2) is 0 Å². The van der Waals surface area contributed by atoms with E-state index in [0.717, 1.165) is 6.07 Å². The number of carbonyl (C=O) groups excluding carboxylic acids is 1. The summed E-state index contributed by atoms with van der Waals surface area (Å²) in [6.07, 6.45) is 0. The molecule has 5 nitrogen and oxygen atoms in total. The molecule has 0 saturated carbocycles. The van der Waals surface area contributed by atoms with Crippen LogP contribution < -0.4 is 5.32 Å². The van der Waals surface area contributed by atoms with E-state index in [9.17, 15) is 13.2 Å². The van der Waals surface area contributed by atoms with Crippen LogP contribution in [0, 0.1) is 5.92 Å². The van der Waals surface area contributed by atoms with E-state index in [0.29, 0.717) is 13.2 Å². The molecule has 0 aliphatic heterocycles. The van der Waals surface area contributed by atoms with Gasteiger partial charge in [0, 0.05) is 24.3 Å². The Hall–Kier alpha value is -0.530. The van der Waals surface area contributed by atoms with Crippen molar-refractivity contribution in [1.29, 1.82) is 0 Å². The van der Waals surface area contributed by atoms with Gasteiger partial charge in [-0.2, -0.15) is 0 Å². The van der Waals surface area contributed by atoms with Crippen molar-refractivity contribution in [2.75, 3.05) is 20.3 Å². The molecule has 0 aliphatic carbocycles. The van der Waals surface area contributed by atoms with Crippen molar-refractivity contribution < 1.29 is 17.9 Å². The summed E-state index contributed by atoms with van der Waals surface area (Å²) in [5.41, 5.74) is -0.121. The van der Waals surface area contributed by atoms with E-state index < -0.39 is 15.0 Å². The zero-order valence-electron chi connectivity index (χ0n) is 11.3. The Bertz CT molecular complexity index is 634. The number of halogens is 3. The minimum absolute atomic E-state index is 0.0426. The zero-order chi connectivity index (χ0) is 16.2. The summed E-state index contributed by atoms with van der Waals surface area (Å²) in [7, 11) is 2.75. The van der Waals surface area contributed by atoms with Gasteiger partial charge >= 0.3 is 0 Å². The maximum absolute atomic E-state index is 12.1. The molecule has 1 aromatic carbocycles. The molecule has 1 unspecified atom stereocenters. The van der Waals surface area contributed by atoms with Crippen LogP contribution in [0.15, 0.2) is 17.0 Å². The summed E-state index contributed by atoms with van der Waals surface area (Å²) >= 11 is 11.9. The molecule has 1 N–H and O–H groups in total. The average molecular weight is 375 g/mol. The molecule has 0 heterocycles. The molecule has 0 bridgehead atoms. The van der Waals surface area contributed by atoms with E-state index in [1.54, 1.807) is 7.11 Å². The highest BCUT2D eigenvalue weighted by molar-refractivity contribution is 8.13. The van der Waals surface area contributed by atoms with E-state index >= 15 is 0 Å². The highest BCUT2D eigenvalue weighted by atomic mass is 35.7. The largest absolute Gasteiger partial charge is 0.384 e. The zero-order valence-corrected chi connectivity index (χ0v) is 14.4. The van der Waals surface area contributed by atoms with Crippen LogP contribution >= 0.6 is 33.9 Å². The molecule has 1 rings (SSSR count). The second-order valence-corrected chi connectivity index (χ2v) is 7.76. The third-order valence-electron chi connectivity index (χ3n) is 2.61. The first-order chi connectivity index (χ1) is 9.68. The van der Waals surface area contributed by atoms with Crippen LogP contribution in [-0.4, -0.2) is 34.6 Å². The Morgan fingerprint density at radius 1 is 1.38 bits per heavy atom. The molecule has 0 radical (unpaired) electrons. The summed E-state index contributed by atoms with van der Waals surface area (Å²) in [5.74, 6) is -0.494. The van der Waals surface area contributed by atoms with Gasteiger partial charge < -0.3 is 10.1 Å². The normalized spacial score (nSPS) is 13.0. The molecule has 9 heteroatoms. The maximum atomic E-state index is 12.1. The van der Waals surface area contributed by atoms with E-state index in [-0.39, 0.29) is 26.4 Å². The van der Waals surface area contributed by atoms with E-state index in [1.165, 1.54) is 6.07 Å². The number of rotatable bonds is 6. The molecule has 0 spiro atoms. The molecular weight excluding hydrogens is 361 g/mol. The first-order valence-corrected chi connectivity index (χ1v) is 8.94.